The summed E-state index contributed by atoms with van der Waals surface area (Å²) in [6.45, 7) is 4.40. The molecule has 696 valence electrons. The molecule has 1 aliphatic carbocycles. The molecule has 34 heteroatoms. The van der Waals surface area contributed by atoms with Gasteiger partial charge in [-0.2, -0.15) is 0 Å². The molecule has 4 atom stereocenters. The number of pyridine rings is 4. The third kappa shape index (κ3) is 20.0. The Morgan fingerprint density at radius 2 is 0.768 bits per heavy atom. The maximum absolute atomic E-state index is 13.9. The van der Waals surface area contributed by atoms with Gasteiger partial charge in [0.1, 0.15) is 52.7 Å². The summed E-state index contributed by atoms with van der Waals surface area (Å²) in [6.07, 6.45) is 19.8. The summed E-state index contributed by atoms with van der Waals surface area (Å²) in [4.78, 5) is 144. The number of ketones is 1. The Kier molecular flexibility index (Phi) is 27.6. The van der Waals surface area contributed by atoms with Gasteiger partial charge in [0.05, 0.1) is 115 Å². The third-order valence-corrected chi connectivity index (χ3v) is 24.1. The number of fused-ring (bicyclic) bond motifs is 4. The largest absolute Gasteiger partial charge is 0.489 e. The quantitative estimate of drug-likeness (QED) is 0.0342. The molecule has 0 bridgehead atoms. The van der Waals surface area contributed by atoms with Crippen molar-refractivity contribution in [3.8, 4) is 68.7 Å². The molecule has 0 spiro atoms. The van der Waals surface area contributed by atoms with E-state index in [1.165, 1.54) is 25.0 Å². The van der Waals surface area contributed by atoms with E-state index in [9.17, 15) is 66.2 Å². The number of carbonyl (C=O) groups is 6. The molecular formula is C104H88F3N15O16. The van der Waals surface area contributed by atoms with Gasteiger partial charge >= 0.3 is 52.4 Å². The second-order valence-electron chi connectivity index (χ2n) is 32.9. The van der Waals surface area contributed by atoms with E-state index >= 15 is 0 Å². The van der Waals surface area contributed by atoms with Gasteiger partial charge in [-0.05, 0) is 233 Å². The Labute approximate surface area is 783 Å². The first-order chi connectivity index (χ1) is 67.0. The first-order valence-electron chi connectivity index (χ1n) is 44.3. The lowest BCUT2D eigenvalue weighted by molar-refractivity contribution is -0.156. The number of primary amides is 1. The van der Waals surface area contributed by atoms with Crippen LogP contribution < -0.4 is 47.4 Å². The molecule has 10 heterocycles. The normalized spacial score (nSPS) is 15.2. The molecule has 2 saturated heterocycles. The topological polar surface area (TPSA) is 372 Å². The van der Waals surface area contributed by atoms with E-state index in [4.69, 9.17) is 29.8 Å². The minimum absolute atomic E-state index is 0.129. The fourth-order valence-corrected chi connectivity index (χ4v) is 17.6. The first kappa shape index (κ1) is 92.3. The number of benzene rings is 9. The molecular weight excluding hydrogens is 1770 g/mol. The van der Waals surface area contributed by atoms with Crippen LogP contribution in [0.15, 0.2) is 330 Å². The number of allylic oxidation sites excluding steroid dienone is 1. The highest BCUT2D eigenvalue weighted by atomic mass is 19.2. The minimum atomic E-state index is -1.49. The zero-order valence-electron chi connectivity index (χ0n) is 73.9. The number of likely N-dealkylation sites (tertiary alicyclic amines) is 2. The minimum Gasteiger partial charge on any atom is -0.489 e. The second kappa shape index (κ2) is 41.3. The van der Waals surface area contributed by atoms with Gasteiger partial charge in [0.2, 0.25) is 0 Å². The Bertz CT molecular complexity index is 7460. The van der Waals surface area contributed by atoms with Crippen LogP contribution in [0, 0.1) is 23.4 Å². The molecule has 4 unspecified atom stereocenters. The number of nitrogens with zero attached hydrogens (tertiary/aromatic N) is 14. The van der Waals surface area contributed by atoms with Crippen LogP contribution in [0.4, 0.5) is 13.2 Å². The lowest BCUT2D eigenvalue weighted by Crippen LogP contribution is -2.47. The molecule has 1 saturated carbocycles. The number of aliphatic carboxylic acids is 2. The number of rotatable bonds is 21. The van der Waals surface area contributed by atoms with Gasteiger partial charge in [0, 0.05) is 75.1 Å². The van der Waals surface area contributed by atoms with E-state index in [1.54, 1.807) is 162 Å². The van der Waals surface area contributed by atoms with Gasteiger partial charge in [-0.3, -0.25) is 80.4 Å². The van der Waals surface area contributed by atoms with Crippen molar-refractivity contribution in [2.75, 3.05) is 26.2 Å². The number of carboxylic acid groups (broad SMARTS) is 2. The van der Waals surface area contributed by atoms with Crippen molar-refractivity contribution in [2.45, 2.75) is 82.5 Å². The van der Waals surface area contributed by atoms with Crippen molar-refractivity contribution >= 4 is 79.6 Å². The van der Waals surface area contributed by atoms with Crippen LogP contribution in [0.25, 0.3) is 72.6 Å². The van der Waals surface area contributed by atoms with E-state index in [1.807, 2.05) is 152 Å². The Balaban J connectivity index is 0.000000128. The SMILES string of the molecule is C=CC(=O)Cc1cccc(-n2c(=O)n(-c3ccc(OCc4cc(F)c(F)cc4F)cc3)c3cnccc32)c1.NC(=O)C(=O)N1CCCC(n2c(=O)n(-c3ccc(Oc4ccccc4)cc3)c3cnccc32)C1.O=C(O)C(=O)N1CCCC(n2c(=O)n(-c3ccc(Oc4ccccc4)cc3)c3cnccc32)C1.O=C(O)C1CCCC(n2c(=O)n(-c3ccc(Oc4ccccc4)cc3)c3cnccc32)C1. The summed E-state index contributed by atoms with van der Waals surface area (Å²) in [5, 5.41) is 18.6. The van der Waals surface area contributed by atoms with E-state index in [-0.39, 0.29) is 78.3 Å². The van der Waals surface area contributed by atoms with E-state index < -0.39 is 53.0 Å². The number of imidazole rings is 4. The van der Waals surface area contributed by atoms with Crippen LogP contribution in [0.5, 0.6) is 40.2 Å². The number of ether oxygens (including phenoxy) is 4. The van der Waals surface area contributed by atoms with Crippen molar-refractivity contribution in [3.05, 3.63) is 381 Å². The van der Waals surface area contributed by atoms with E-state index in [0.717, 1.165) is 41.5 Å². The molecule has 17 aromatic rings. The van der Waals surface area contributed by atoms with Crippen LogP contribution in [0.1, 0.15) is 80.6 Å². The lowest BCUT2D eigenvalue weighted by Gasteiger charge is -2.32. The van der Waals surface area contributed by atoms with Crippen LogP contribution in [-0.2, 0) is 41.8 Å². The van der Waals surface area contributed by atoms with E-state index in [2.05, 4.69) is 26.5 Å². The van der Waals surface area contributed by atoms with Gasteiger partial charge in [0.25, 0.3) is 0 Å². The third-order valence-electron chi connectivity index (χ3n) is 24.1. The number of carbonyl (C=O) groups excluding carboxylic acids is 4. The zero-order valence-corrected chi connectivity index (χ0v) is 73.9. The maximum Gasteiger partial charge on any atom is 0.394 e. The van der Waals surface area contributed by atoms with Gasteiger partial charge < -0.3 is 44.7 Å². The Morgan fingerprint density at radius 3 is 1.19 bits per heavy atom. The first-order valence-corrected chi connectivity index (χ1v) is 44.3. The molecule has 20 rings (SSSR count). The van der Waals surface area contributed by atoms with Gasteiger partial charge in [-0.25, -0.2) is 37.1 Å². The predicted molar refractivity (Wildman–Crippen MR) is 507 cm³/mol. The molecule has 2 aliphatic heterocycles. The maximum atomic E-state index is 13.9. The molecule has 9 aromatic carbocycles. The fraction of sp³-hybridized carbons (Fsp3) is 0.173. The number of hydrogen-bond acceptors (Lipinski definition) is 18. The predicted octanol–water partition coefficient (Wildman–Crippen LogP) is 16.1. The van der Waals surface area contributed by atoms with Crippen LogP contribution in [0.3, 0.4) is 0 Å². The number of carboxylic acids is 2. The number of piperidine rings is 2. The lowest BCUT2D eigenvalue weighted by atomic mass is 9.85. The standard InChI is InChI=1S/C29H20F3N3O3.C25H23N5O4.C25H22N4O5.C25H23N3O4/c1-2-22(36)13-18-4-3-5-21(12-18)35-27-10-11-33-16-28(27)34(29(35)37)20-6-8-23(9-7-20)38-17-19-14-25(31)26(32)15-24(19)30;26-23(31)24(32)28-14-4-5-18(16-28)30-21-12-13-27-15-22(21)29(25(30)33)17-8-10-20(11-9-17)34-19-6-2-1-3-7-19;30-23(24(31)32)27-14-4-5-18(16-27)29-21-12-13-26-15-22(21)28(25(29)33)17-8-10-20(11-9-17)34-19-6-2-1-3-7-19;29-24(30)17-5-4-6-19(15-17)28-22-13-14-26-16-23(22)27(25(28)31)18-9-11-21(12-10-18)32-20-7-2-1-3-8-20/h2-12,14-16H,1,13,17H2;1-3,6-13,15,18H,4-5,14,16H2,(H2,26,31);1-3,6-13,15,18H,4-5,14,16H2,(H,31,32);1-3,7-14,16-17,19H,4-6,15H2,(H,29,30). The van der Waals surface area contributed by atoms with Gasteiger partial charge in [0.15, 0.2) is 17.4 Å². The fourth-order valence-electron chi connectivity index (χ4n) is 17.6. The van der Waals surface area contributed by atoms with Crippen LogP contribution >= 0.6 is 0 Å². The van der Waals surface area contributed by atoms with Crippen molar-refractivity contribution < 1.29 is 71.1 Å². The number of amides is 3. The summed E-state index contributed by atoms with van der Waals surface area (Å²) in [5.74, 6) is -4.36. The van der Waals surface area contributed by atoms with Crippen LogP contribution in [0.2, 0.25) is 0 Å². The van der Waals surface area contributed by atoms with Crippen molar-refractivity contribution in [2.24, 2.45) is 11.7 Å². The highest BCUT2D eigenvalue weighted by Gasteiger charge is 2.35. The summed E-state index contributed by atoms with van der Waals surface area (Å²) in [7, 11) is 0. The highest BCUT2D eigenvalue weighted by molar-refractivity contribution is 6.34. The number of para-hydroxylation sites is 3. The molecule has 138 heavy (non-hydrogen) atoms. The Hall–Kier alpha value is -17.6. The molecule has 3 fully saturated rings. The average Bonchev–Trinajstić information content (AvgIpc) is 1.61. The number of nitrogens with two attached hydrogens (primary N) is 1. The second-order valence-corrected chi connectivity index (χ2v) is 32.9. The van der Waals surface area contributed by atoms with Crippen molar-refractivity contribution in [1.82, 2.24) is 66.3 Å². The molecule has 3 amide bonds. The number of aromatic nitrogens is 12. The number of halogens is 3. The smallest absolute Gasteiger partial charge is 0.394 e. The zero-order chi connectivity index (χ0) is 96.2. The van der Waals surface area contributed by atoms with Crippen molar-refractivity contribution in [1.29, 1.82) is 0 Å². The number of hydrogen-bond donors (Lipinski definition) is 3. The van der Waals surface area contributed by atoms with E-state index in [0.29, 0.717) is 153 Å². The molecule has 31 nitrogen and oxygen atoms in total. The molecule has 4 N–H and O–H groups in total. The Morgan fingerprint density at radius 1 is 0.391 bits per heavy atom. The van der Waals surface area contributed by atoms with Crippen molar-refractivity contribution in [3.63, 3.8) is 0 Å². The van der Waals surface area contributed by atoms with Crippen LogP contribution in [-0.4, -0.2) is 138 Å². The summed E-state index contributed by atoms with van der Waals surface area (Å²) in [6, 6.07) is 71.3. The molecule has 8 aromatic heterocycles. The summed E-state index contributed by atoms with van der Waals surface area (Å²) >= 11 is 0. The summed E-state index contributed by atoms with van der Waals surface area (Å²) < 4.78 is 76.6. The highest BCUT2D eigenvalue weighted by Crippen LogP contribution is 2.37. The molecule has 0 radical (unpaired) electrons. The average molecular weight is 1860 g/mol. The monoisotopic (exact) mass is 1860 g/mol. The van der Waals surface area contributed by atoms with Gasteiger partial charge in [-0.15, -0.1) is 0 Å². The molecule has 3 aliphatic rings. The summed E-state index contributed by atoms with van der Waals surface area (Å²) in [5.41, 5.74) is 13.2. The van der Waals surface area contributed by atoms with Gasteiger partial charge in [-0.1, -0.05) is 79.7 Å².